The first-order valence-electron chi connectivity index (χ1n) is 25.4. The van der Waals surface area contributed by atoms with Gasteiger partial charge in [-0.05, 0) is 131 Å². The number of hydrogen-bond donors (Lipinski definition) is 1. The minimum Gasteiger partial charge on any atom is -0.463 e. The van der Waals surface area contributed by atoms with Crippen LogP contribution in [0.4, 0.5) is 57.4 Å². The van der Waals surface area contributed by atoms with Crippen LogP contribution in [0, 0.1) is 34.9 Å². The average Bonchev–Trinajstić information content (AvgIpc) is 1.55. The lowest BCUT2D eigenvalue weighted by molar-refractivity contribution is -0.207. The molecule has 16 nitrogen and oxygen atoms in total. The van der Waals surface area contributed by atoms with Gasteiger partial charge < -0.3 is 28.8 Å². The topological polar surface area (TPSA) is 206 Å². The number of hydrogen-bond acceptors (Lipinski definition) is 15. The highest BCUT2D eigenvalue weighted by Crippen LogP contribution is 2.58. The fourth-order valence-corrected chi connectivity index (χ4v) is 8.17. The molecule has 2 saturated heterocycles. The van der Waals surface area contributed by atoms with Crippen molar-refractivity contribution >= 4 is 46.0 Å². The highest BCUT2D eigenvalue weighted by atomic mass is 79.9. The van der Waals surface area contributed by atoms with Crippen LogP contribution in [0.25, 0.3) is 12.2 Å². The molecular formula is C59H55BrF13N7O9. The number of carbonyl (C=O) groups excluding carboxylic acids is 3. The van der Waals surface area contributed by atoms with Gasteiger partial charge in [0.25, 0.3) is 0 Å². The van der Waals surface area contributed by atoms with E-state index in [0.717, 1.165) is 96.2 Å². The molecule has 6 heterocycles. The second-order valence-electron chi connectivity index (χ2n) is 18.1. The molecule has 9 rings (SSSR count). The minimum absolute atomic E-state index is 0. The van der Waals surface area contributed by atoms with Crippen molar-refractivity contribution in [1.82, 2.24) is 35.2 Å². The number of carbonyl (C=O) groups is 3. The lowest BCUT2D eigenvalue weighted by atomic mass is 9.84. The molecule has 2 aliphatic rings. The van der Waals surface area contributed by atoms with Gasteiger partial charge >= 0.3 is 35.7 Å². The van der Waals surface area contributed by atoms with E-state index in [4.69, 9.17) is 18.9 Å². The molecule has 0 bridgehead atoms. The van der Waals surface area contributed by atoms with Gasteiger partial charge in [0.2, 0.25) is 0 Å². The van der Waals surface area contributed by atoms with Gasteiger partial charge in [0.15, 0.2) is 16.8 Å². The summed E-state index contributed by atoms with van der Waals surface area (Å²) in [6.07, 6.45) is 10.4. The van der Waals surface area contributed by atoms with E-state index >= 15 is 8.78 Å². The predicted molar refractivity (Wildman–Crippen MR) is 298 cm³/mol. The number of rotatable bonds is 19. The number of nitrogens with zero attached hydrogens (tertiary/aromatic N) is 7. The Balaban J connectivity index is 0.000000334. The Bertz CT molecular complexity index is 3590. The maximum atomic E-state index is 15.6. The van der Waals surface area contributed by atoms with Crippen LogP contribution in [0.15, 0.2) is 145 Å². The molecule has 0 aliphatic carbocycles. The monoisotopic (exact) mass is 1330 g/mol. The van der Waals surface area contributed by atoms with Gasteiger partial charge in [0.05, 0.1) is 39.6 Å². The Morgan fingerprint density at radius 2 is 1.06 bits per heavy atom. The summed E-state index contributed by atoms with van der Waals surface area (Å²) < 4.78 is 197. The molecule has 3 aromatic carbocycles. The third-order valence-electron chi connectivity index (χ3n) is 12.4. The minimum atomic E-state index is -4.17. The number of epoxide rings is 2. The Kier molecular flexibility index (Phi) is 25.3. The lowest BCUT2D eigenvalue weighted by Gasteiger charge is -2.35. The Morgan fingerprint density at radius 1 is 0.640 bits per heavy atom. The molecule has 0 radical (unpaired) electrons. The molecule has 89 heavy (non-hydrogen) atoms. The standard InChI is InChI=1S/C20H17F4N5O3.C19H15F4NO3.C14H8BrF4NO.C5H8O2.CH4.FH.H2/c1-2-32-18(30)8-4-13-3-7-17(25-10-13)20(23,24)19(31,11-29-12-26-27-28-29)15-6-5-14(21)9-16(15)22;1-2-26-17(25)8-4-12-3-7-16(24-10-12)19(22,23)18(11-27-18)14-6-5-13(20)9-15(14)21;15-8-1-4-12(20-6-8)14(18,19)13(7-21-13)10-3-2-9(16)5-11(10)17;1-3-5(6)7-4-2;;;/h3-10,12,31H,2,11H2,1H3;3-10H,2,11H2,1H3;1-6H,7H2;3H,1,4H2,2H3;1H4;2*1H/b2*8-4+;;;;;. The fourth-order valence-electron chi connectivity index (χ4n) is 7.93. The van der Waals surface area contributed by atoms with E-state index in [9.17, 15) is 63.4 Å². The van der Waals surface area contributed by atoms with Crippen LogP contribution in [0.2, 0.25) is 0 Å². The fraction of sp³-hybridized carbons (Fsp3) is 0.271. The zero-order valence-electron chi connectivity index (χ0n) is 46.0. The van der Waals surface area contributed by atoms with Gasteiger partial charge in [0, 0.05) is 77.6 Å². The van der Waals surface area contributed by atoms with Crippen LogP contribution in [-0.4, -0.2) is 91.2 Å². The summed E-state index contributed by atoms with van der Waals surface area (Å²) in [4.78, 5) is 43.8. The highest BCUT2D eigenvalue weighted by molar-refractivity contribution is 9.10. The van der Waals surface area contributed by atoms with Crippen molar-refractivity contribution in [3.05, 3.63) is 225 Å². The maximum absolute atomic E-state index is 15.6. The predicted octanol–water partition coefficient (Wildman–Crippen LogP) is 12.5. The quantitative estimate of drug-likeness (QED) is 0.0263. The summed E-state index contributed by atoms with van der Waals surface area (Å²) in [7, 11) is 0. The number of ether oxygens (including phenoxy) is 5. The van der Waals surface area contributed by atoms with E-state index in [1.807, 2.05) is 0 Å². The van der Waals surface area contributed by atoms with E-state index in [2.05, 4.69) is 57.7 Å². The van der Waals surface area contributed by atoms with Crippen molar-refractivity contribution in [2.24, 2.45) is 0 Å². The first-order chi connectivity index (χ1) is 41.1. The summed E-state index contributed by atoms with van der Waals surface area (Å²) in [5, 5.41) is 21.1. The first-order valence-corrected chi connectivity index (χ1v) is 26.2. The van der Waals surface area contributed by atoms with Crippen molar-refractivity contribution in [1.29, 1.82) is 0 Å². The Hall–Kier alpha value is -8.74. The molecule has 2 fully saturated rings. The number of halogens is 14. The second-order valence-corrected chi connectivity index (χ2v) is 19.1. The molecule has 0 spiro atoms. The van der Waals surface area contributed by atoms with Crippen molar-refractivity contribution in [2.75, 3.05) is 33.0 Å². The summed E-state index contributed by atoms with van der Waals surface area (Å²) >= 11 is 3.10. The van der Waals surface area contributed by atoms with Crippen LogP contribution in [0.1, 0.15) is 74.5 Å². The van der Waals surface area contributed by atoms with Gasteiger partial charge in [-0.25, -0.2) is 45.4 Å². The molecule has 30 heteroatoms. The van der Waals surface area contributed by atoms with Gasteiger partial charge in [-0.3, -0.25) is 19.7 Å². The number of pyridine rings is 3. The van der Waals surface area contributed by atoms with E-state index < -0.39 is 123 Å². The number of aromatic nitrogens is 7. The number of alkyl halides is 6. The lowest BCUT2D eigenvalue weighted by Crippen LogP contribution is -2.48. The summed E-state index contributed by atoms with van der Waals surface area (Å²) in [6.45, 7) is 7.31. The SMILES string of the molecule is C.C=CC(=O)OCC.CCOC(=O)/C=C/c1ccc(C(F)(F)C(O)(Cn2cnnn2)c2ccc(F)cc2F)nc1.CCOC(=O)/C=C/c1ccc(C(F)(F)C2(c3ccc(F)cc3F)CO2)nc1.F.Fc1ccc(C2(C(F)(F)c3ccc(Br)cn3)CO2)c(F)c1.[HH]. The smallest absolute Gasteiger partial charge is 0.330 e. The van der Waals surface area contributed by atoms with Crippen LogP contribution < -0.4 is 0 Å². The molecule has 1 N–H and O–H groups in total. The van der Waals surface area contributed by atoms with Crippen LogP contribution in [0.5, 0.6) is 0 Å². The third-order valence-corrected chi connectivity index (χ3v) is 12.9. The van der Waals surface area contributed by atoms with Crippen LogP contribution in [-0.2, 0) is 79.2 Å². The first kappa shape index (κ1) is 72.7. The summed E-state index contributed by atoms with van der Waals surface area (Å²) in [5.41, 5.74) is -10.6. The molecule has 4 aromatic heterocycles. The number of tetrazole rings is 1. The van der Waals surface area contributed by atoms with Crippen LogP contribution in [0.3, 0.4) is 0 Å². The molecule has 478 valence electrons. The van der Waals surface area contributed by atoms with Gasteiger partial charge in [-0.15, -0.1) is 5.10 Å². The number of benzene rings is 3. The Morgan fingerprint density at radius 3 is 1.40 bits per heavy atom. The zero-order valence-corrected chi connectivity index (χ0v) is 47.6. The molecule has 2 aliphatic heterocycles. The highest BCUT2D eigenvalue weighted by Gasteiger charge is 2.69. The Labute approximate surface area is 508 Å². The van der Waals surface area contributed by atoms with Crippen molar-refractivity contribution in [2.45, 2.75) is 69.3 Å². The number of aliphatic hydroxyl groups is 1. The van der Waals surface area contributed by atoms with E-state index in [0.29, 0.717) is 40.4 Å². The molecule has 0 saturated carbocycles. The summed E-state index contributed by atoms with van der Waals surface area (Å²) in [5.74, 6) is -19.2. The molecule has 3 atom stereocenters. The van der Waals surface area contributed by atoms with Gasteiger partial charge in [-0.1, -0.05) is 26.1 Å². The van der Waals surface area contributed by atoms with E-state index in [1.54, 1.807) is 20.8 Å². The van der Waals surface area contributed by atoms with Gasteiger partial charge in [-0.2, -0.15) is 26.3 Å². The van der Waals surface area contributed by atoms with Crippen molar-refractivity contribution in [3.8, 4) is 0 Å². The van der Waals surface area contributed by atoms with Crippen molar-refractivity contribution in [3.63, 3.8) is 0 Å². The largest absolute Gasteiger partial charge is 0.463 e. The molecular weight excluding hydrogens is 1280 g/mol. The summed E-state index contributed by atoms with van der Waals surface area (Å²) in [6, 6.07) is 13.8. The number of esters is 3. The van der Waals surface area contributed by atoms with Crippen molar-refractivity contribution < 1.29 is 102 Å². The van der Waals surface area contributed by atoms with E-state index in [-0.39, 0.29) is 44.9 Å². The molecule has 7 aromatic rings. The zero-order chi connectivity index (χ0) is 64.0. The second kappa shape index (κ2) is 30.9. The normalized spacial score (nSPS) is 16.5. The van der Waals surface area contributed by atoms with E-state index in [1.165, 1.54) is 36.5 Å². The average molecular weight is 1330 g/mol. The third kappa shape index (κ3) is 17.1. The molecule has 3 unspecified atom stereocenters. The molecule has 0 amide bonds. The van der Waals surface area contributed by atoms with Gasteiger partial charge in [0.1, 0.15) is 58.3 Å². The van der Waals surface area contributed by atoms with Crippen LogP contribution >= 0.6 is 15.9 Å². The maximum Gasteiger partial charge on any atom is 0.330 e.